The van der Waals surface area contributed by atoms with Crippen LogP contribution in [-0.2, 0) is 11.3 Å². The van der Waals surface area contributed by atoms with Gasteiger partial charge in [0.25, 0.3) is 0 Å². The van der Waals surface area contributed by atoms with Crippen molar-refractivity contribution in [1.29, 1.82) is 0 Å². The van der Waals surface area contributed by atoms with E-state index in [9.17, 15) is 4.79 Å². The van der Waals surface area contributed by atoms with Crippen molar-refractivity contribution in [3.05, 3.63) is 106 Å². The largest absolute Gasteiger partial charge is 0.488 e. The molecule has 0 radical (unpaired) electrons. The van der Waals surface area contributed by atoms with Gasteiger partial charge in [0.15, 0.2) is 0 Å². The molecule has 4 aromatic rings. The van der Waals surface area contributed by atoms with Gasteiger partial charge >= 0.3 is 5.97 Å². The molecule has 0 aliphatic carbocycles. The highest BCUT2D eigenvalue weighted by molar-refractivity contribution is 6.33. The number of carbonyl (C=O) groups excluding carboxylic acids is 1. The third kappa shape index (κ3) is 4.52. The summed E-state index contributed by atoms with van der Waals surface area (Å²) in [5, 5.41) is 0.936. The van der Waals surface area contributed by atoms with Crippen LogP contribution in [0, 0.1) is 6.92 Å². The average Bonchev–Trinajstić information content (AvgIpc) is 3.20. The van der Waals surface area contributed by atoms with Gasteiger partial charge in [-0.15, -0.1) is 0 Å². The first-order valence-electron chi connectivity index (χ1n) is 10.0. The second-order valence-corrected chi connectivity index (χ2v) is 8.11. The Balaban J connectivity index is 1.78. The molecule has 0 N–H and O–H groups in total. The molecule has 0 atom stereocenters. The van der Waals surface area contributed by atoms with E-state index in [1.165, 1.54) is 7.11 Å². The fourth-order valence-electron chi connectivity index (χ4n) is 3.57. The summed E-state index contributed by atoms with van der Waals surface area (Å²) in [6.45, 7) is 2.42. The van der Waals surface area contributed by atoms with Gasteiger partial charge in [0.1, 0.15) is 12.4 Å². The van der Waals surface area contributed by atoms with Gasteiger partial charge in [0.2, 0.25) is 0 Å². The summed E-state index contributed by atoms with van der Waals surface area (Å²) in [5.41, 5.74) is 4.86. The van der Waals surface area contributed by atoms with Gasteiger partial charge in [-0.3, -0.25) is 0 Å². The van der Waals surface area contributed by atoms with Crippen LogP contribution >= 0.6 is 23.2 Å². The Labute approximate surface area is 196 Å². The minimum absolute atomic E-state index is 0.303. The number of halogens is 2. The smallest absolute Gasteiger partial charge is 0.339 e. The van der Waals surface area contributed by atoms with E-state index in [4.69, 9.17) is 32.7 Å². The standard InChI is InChI=1S/C26H21Cl2NO3/c1-17-8-12-24(29(17)20-10-11-23(28)21(15-20)26(30)31-2)22-14-19(27)9-13-25(22)32-16-18-6-4-3-5-7-18/h3-15H,16H2,1-2H3. The van der Waals surface area contributed by atoms with Crippen LogP contribution in [0.1, 0.15) is 21.6 Å². The zero-order chi connectivity index (χ0) is 22.7. The van der Waals surface area contributed by atoms with Crippen LogP contribution in [0.4, 0.5) is 0 Å². The normalized spacial score (nSPS) is 10.8. The maximum Gasteiger partial charge on any atom is 0.339 e. The Morgan fingerprint density at radius 2 is 1.72 bits per heavy atom. The van der Waals surface area contributed by atoms with E-state index in [2.05, 4.69) is 0 Å². The lowest BCUT2D eigenvalue weighted by molar-refractivity contribution is 0.0601. The Morgan fingerprint density at radius 3 is 2.47 bits per heavy atom. The van der Waals surface area contributed by atoms with Crippen LogP contribution in [0.5, 0.6) is 5.75 Å². The van der Waals surface area contributed by atoms with Gasteiger partial charge in [-0.1, -0.05) is 53.5 Å². The Kier molecular flexibility index (Phi) is 6.54. The highest BCUT2D eigenvalue weighted by atomic mass is 35.5. The summed E-state index contributed by atoms with van der Waals surface area (Å²) < 4.78 is 13.1. The van der Waals surface area contributed by atoms with E-state index < -0.39 is 5.97 Å². The zero-order valence-electron chi connectivity index (χ0n) is 17.6. The van der Waals surface area contributed by atoms with Gasteiger partial charge in [-0.2, -0.15) is 0 Å². The Morgan fingerprint density at radius 1 is 0.938 bits per heavy atom. The lowest BCUT2D eigenvalue weighted by Gasteiger charge is -2.17. The molecular weight excluding hydrogens is 445 g/mol. The van der Waals surface area contributed by atoms with Crippen molar-refractivity contribution in [3.63, 3.8) is 0 Å². The number of aromatic nitrogens is 1. The summed E-state index contributed by atoms with van der Waals surface area (Å²) in [4.78, 5) is 12.2. The number of methoxy groups -OCH3 is 1. The third-order valence-electron chi connectivity index (χ3n) is 5.14. The average molecular weight is 466 g/mol. The molecule has 32 heavy (non-hydrogen) atoms. The third-order valence-corrected chi connectivity index (χ3v) is 5.71. The van der Waals surface area contributed by atoms with Gasteiger partial charge < -0.3 is 14.0 Å². The molecule has 1 aromatic heterocycles. The van der Waals surface area contributed by atoms with E-state index in [1.54, 1.807) is 12.1 Å². The second-order valence-electron chi connectivity index (χ2n) is 7.27. The summed E-state index contributed by atoms with van der Waals surface area (Å²) >= 11 is 12.6. The molecule has 162 valence electrons. The van der Waals surface area contributed by atoms with Crippen LogP contribution in [0.3, 0.4) is 0 Å². The molecular formula is C26H21Cl2NO3. The number of benzene rings is 3. The molecule has 0 aliphatic rings. The number of esters is 1. The minimum Gasteiger partial charge on any atom is -0.488 e. The van der Waals surface area contributed by atoms with Gasteiger partial charge in [-0.05, 0) is 61.0 Å². The lowest BCUT2D eigenvalue weighted by atomic mass is 10.1. The van der Waals surface area contributed by atoms with Crippen molar-refractivity contribution in [3.8, 4) is 22.7 Å². The highest BCUT2D eigenvalue weighted by Crippen LogP contribution is 2.36. The monoisotopic (exact) mass is 465 g/mol. The fourth-order valence-corrected chi connectivity index (χ4v) is 3.94. The van der Waals surface area contributed by atoms with Crippen LogP contribution in [0.15, 0.2) is 78.9 Å². The van der Waals surface area contributed by atoms with E-state index in [1.807, 2.05) is 78.2 Å². The summed E-state index contributed by atoms with van der Waals surface area (Å²) in [6, 6.07) is 24.8. The first-order valence-corrected chi connectivity index (χ1v) is 10.8. The molecule has 0 spiro atoms. The van der Waals surface area contributed by atoms with Crippen molar-refractivity contribution in [1.82, 2.24) is 4.57 Å². The maximum absolute atomic E-state index is 12.2. The lowest BCUT2D eigenvalue weighted by Crippen LogP contribution is -2.06. The van der Waals surface area contributed by atoms with Crippen LogP contribution in [0.25, 0.3) is 16.9 Å². The fraction of sp³-hybridized carbons (Fsp3) is 0.115. The number of ether oxygens (including phenoxy) is 2. The first kappa shape index (κ1) is 22.0. The highest BCUT2D eigenvalue weighted by Gasteiger charge is 2.18. The number of carbonyl (C=O) groups is 1. The van der Waals surface area contributed by atoms with E-state index in [-0.39, 0.29) is 0 Å². The molecule has 4 nitrogen and oxygen atoms in total. The summed E-state index contributed by atoms with van der Waals surface area (Å²) in [6.07, 6.45) is 0. The minimum atomic E-state index is -0.488. The van der Waals surface area contributed by atoms with Crippen molar-refractivity contribution in [2.75, 3.05) is 7.11 Å². The number of aryl methyl sites for hydroxylation is 1. The molecule has 6 heteroatoms. The maximum atomic E-state index is 12.2. The molecule has 0 bridgehead atoms. The molecule has 0 unspecified atom stereocenters. The molecule has 0 fully saturated rings. The van der Waals surface area contributed by atoms with Gasteiger partial charge in [0.05, 0.1) is 23.4 Å². The predicted molar refractivity (Wildman–Crippen MR) is 128 cm³/mol. The molecule has 0 amide bonds. The van der Waals surface area contributed by atoms with Crippen LogP contribution in [0.2, 0.25) is 10.0 Å². The topological polar surface area (TPSA) is 40.5 Å². The molecule has 1 heterocycles. The van der Waals surface area contributed by atoms with E-state index >= 15 is 0 Å². The number of hydrogen-bond acceptors (Lipinski definition) is 3. The summed E-state index contributed by atoms with van der Waals surface area (Å²) in [7, 11) is 1.33. The molecule has 0 saturated carbocycles. The van der Waals surface area contributed by atoms with Crippen molar-refractivity contribution in [2.45, 2.75) is 13.5 Å². The van der Waals surface area contributed by atoms with Crippen LogP contribution < -0.4 is 4.74 Å². The quantitative estimate of drug-likeness (QED) is 0.284. The van der Waals surface area contributed by atoms with Gasteiger partial charge in [-0.25, -0.2) is 4.79 Å². The van der Waals surface area contributed by atoms with Gasteiger partial charge in [0, 0.05) is 22.0 Å². The summed E-state index contributed by atoms with van der Waals surface area (Å²) in [5.74, 6) is 0.220. The Bertz CT molecular complexity index is 1270. The number of nitrogens with zero attached hydrogens (tertiary/aromatic N) is 1. The van der Waals surface area contributed by atoms with E-state index in [0.29, 0.717) is 28.0 Å². The van der Waals surface area contributed by atoms with Crippen molar-refractivity contribution < 1.29 is 14.3 Å². The molecule has 3 aromatic carbocycles. The number of hydrogen-bond donors (Lipinski definition) is 0. The van der Waals surface area contributed by atoms with E-state index in [0.717, 1.165) is 28.2 Å². The zero-order valence-corrected chi connectivity index (χ0v) is 19.2. The predicted octanol–water partition coefficient (Wildman–Crippen LogP) is 7.13. The number of rotatable bonds is 6. The SMILES string of the molecule is COC(=O)c1cc(-n2c(C)ccc2-c2cc(Cl)ccc2OCc2ccccc2)ccc1Cl. The van der Waals surface area contributed by atoms with Crippen LogP contribution in [-0.4, -0.2) is 17.6 Å². The van der Waals surface area contributed by atoms with Crippen molar-refractivity contribution >= 4 is 29.2 Å². The second kappa shape index (κ2) is 9.51. The molecule has 0 aliphatic heterocycles. The van der Waals surface area contributed by atoms with Crippen molar-refractivity contribution in [2.24, 2.45) is 0 Å². The molecule has 4 rings (SSSR count). The Hall–Kier alpha value is -3.21. The first-order chi connectivity index (χ1) is 15.5. The molecule has 0 saturated heterocycles.